The number of benzene rings is 2. The van der Waals surface area contributed by atoms with E-state index in [1.807, 2.05) is 48.5 Å². The number of carbonyl (C=O) groups excluding carboxylic acids is 1. The van der Waals surface area contributed by atoms with Gasteiger partial charge in [-0.1, -0.05) is 47.1 Å². The molecule has 1 N–H and O–H groups in total. The van der Waals surface area contributed by atoms with Gasteiger partial charge in [-0.25, -0.2) is 0 Å². The van der Waals surface area contributed by atoms with Crippen LogP contribution in [0.25, 0.3) is 22.8 Å². The molecular weight excluding hydrogens is 390 g/mol. The molecule has 2 aromatic heterocycles. The minimum absolute atomic E-state index is 0.0246. The van der Waals surface area contributed by atoms with Gasteiger partial charge in [-0.05, 0) is 30.3 Å². The monoisotopic (exact) mass is 405 g/mol. The Morgan fingerprint density at radius 1 is 1.10 bits per heavy atom. The number of nitrogens with zero attached hydrogens (tertiary/aromatic N) is 4. The molecule has 144 valence electrons. The Labute approximate surface area is 171 Å². The van der Waals surface area contributed by atoms with E-state index in [4.69, 9.17) is 16.1 Å². The maximum atomic E-state index is 12.5. The standard InChI is InChI=1S/C21H16ClN5O2/c22-15-6-8-16(9-7-15)27-12-14(10-19(27)28)20-23-21(29-26-20)18-11-17(24-25-18)13-4-2-1-3-5-13/h1-9,11,14H,10,12H2,(H,24,25). The Balaban J connectivity index is 1.35. The van der Waals surface area contributed by atoms with Crippen molar-refractivity contribution in [2.45, 2.75) is 12.3 Å². The van der Waals surface area contributed by atoms with Crippen LogP contribution < -0.4 is 4.90 Å². The molecule has 1 unspecified atom stereocenters. The fourth-order valence-electron chi connectivity index (χ4n) is 3.45. The number of amides is 1. The average Bonchev–Trinajstić information content (AvgIpc) is 3.48. The summed E-state index contributed by atoms with van der Waals surface area (Å²) in [7, 11) is 0. The minimum atomic E-state index is -0.132. The Hall–Kier alpha value is -3.45. The van der Waals surface area contributed by atoms with Gasteiger partial charge in [0.1, 0.15) is 5.69 Å². The summed E-state index contributed by atoms with van der Waals surface area (Å²) in [6.07, 6.45) is 0.333. The second-order valence-electron chi connectivity index (χ2n) is 6.87. The molecule has 29 heavy (non-hydrogen) atoms. The molecule has 1 amide bonds. The normalized spacial score (nSPS) is 16.5. The number of H-pyrrole nitrogens is 1. The van der Waals surface area contributed by atoms with E-state index >= 15 is 0 Å². The number of nitrogens with one attached hydrogen (secondary N) is 1. The smallest absolute Gasteiger partial charge is 0.275 e. The SMILES string of the molecule is O=C1CC(c2noc(-c3cc(-c4ccccc4)n[nH]3)n2)CN1c1ccc(Cl)cc1. The van der Waals surface area contributed by atoms with Gasteiger partial charge in [-0.15, -0.1) is 0 Å². The van der Waals surface area contributed by atoms with E-state index in [2.05, 4.69) is 20.3 Å². The molecule has 0 spiro atoms. The zero-order valence-corrected chi connectivity index (χ0v) is 16.0. The third-order valence-electron chi connectivity index (χ3n) is 4.95. The molecule has 0 radical (unpaired) electrons. The van der Waals surface area contributed by atoms with Crippen molar-refractivity contribution in [1.82, 2.24) is 20.3 Å². The van der Waals surface area contributed by atoms with Crippen LogP contribution >= 0.6 is 11.6 Å². The summed E-state index contributed by atoms with van der Waals surface area (Å²) in [6, 6.07) is 18.9. The third-order valence-corrected chi connectivity index (χ3v) is 5.20. The summed E-state index contributed by atoms with van der Waals surface area (Å²) in [5, 5.41) is 12.0. The second kappa shape index (κ2) is 7.18. The number of hydrogen-bond donors (Lipinski definition) is 1. The lowest BCUT2D eigenvalue weighted by Crippen LogP contribution is -2.24. The predicted octanol–water partition coefficient (Wildman–Crippen LogP) is 4.30. The maximum absolute atomic E-state index is 12.5. The number of aromatic amines is 1. The van der Waals surface area contributed by atoms with Crippen LogP contribution in [0.2, 0.25) is 5.02 Å². The Kier molecular flexibility index (Phi) is 4.37. The van der Waals surface area contributed by atoms with Crippen molar-refractivity contribution < 1.29 is 9.32 Å². The van der Waals surface area contributed by atoms with Gasteiger partial charge in [0.15, 0.2) is 5.82 Å². The lowest BCUT2D eigenvalue weighted by atomic mass is 10.1. The Morgan fingerprint density at radius 2 is 1.90 bits per heavy atom. The van der Waals surface area contributed by atoms with Gasteiger partial charge in [-0.2, -0.15) is 10.1 Å². The highest BCUT2D eigenvalue weighted by molar-refractivity contribution is 6.30. The average molecular weight is 406 g/mol. The van der Waals surface area contributed by atoms with E-state index in [0.29, 0.717) is 35.4 Å². The van der Waals surface area contributed by atoms with Crippen LogP contribution in [-0.4, -0.2) is 32.8 Å². The van der Waals surface area contributed by atoms with Crippen molar-refractivity contribution in [3.63, 3.8) is 0 Å². The summed E-state index contributed by atoms with van der Waals surface area (Å²) in [5.41, 5.74) is 3.24. The van der Waals surface area contributed by atoms with Gasteiger partial charge in [-0.3, -0.25) is 9.89 Å². The molecule has 1 aliphatic rings. The van der Waals surface area contributed by atoms with Crippen LogP contribution in [-0.2, 0) is 4.79 Å². The number of carbonyl (C=O) groups is 1. The first kappa shape index (κ1) is 17.6. The van der Waals surface area contributed by atoms with Crippen LogP contribution in [0.15, 0.2) is 65.2 Å². The van der Waals surface area contributed by atoms with E-state index in [-0.39, 0.29) is 11.8 Å². The summed E-state index contributed by atoms with van der Waals surface area (Å²) in [5.74, 6) is 0.761. The molecule has 1 saturated heterocycles. The van der Waals surface area contributed by atoms with Gasteiger partial charge >= 0.3 is 0 Å². The van der Waals surface area contributed by atoms with E-state index < -0.39 is 0 Å². The van der Waals surface area contributed by atoms with Gasteiger partial charge in [0.25, 0.3) is 5.89 Å². The highest BCUT2D eigenvalue weighted by Gasteiger charge is 2.34. The molecule has 1 aliphatic heterocycles. The van der Waals surface area contributed by atoms with Crippen LogP contribution in [0, 0.1) is 0 Å². The number of hydrogen-bond acceptors (Lipinski definition) is 5. The number of anilines is 1. The molecule has 1 fully saturated rings. The molecule has 5 rings (SSSR count). The summed E-state index contributed by atoms with van der Waals surface area (Å²) < 4.78 is 5.42. The van der Waals surface area contributed by atoms with E-state index in [9.17, 15) is 4.79 Å². The van der Waals surface area contributed by atoms with Gasteiger partial charge in [0, 0.05) is 35.2 Å². The minimum Gasteiger partial charge on any atom is -0.332 e. The van der Waals surface area contributed by atoms with Crippen molar-refractivity contribution in [2.24, 2.45) is 0 Å². The van der Waals surface area contributed by atoms with Crippen molar-refractivity contribution in [3.8, 4) is 22.8 Å². The lowest BCUT2D eigenvalue weighted by Gasteiger charge is -2.16. The highest BCUT2D eigenvalue weighted by Crippen LogP contribution is 2.32. The van der Waals surface area contributed by atoms with Crippen LogP contribution in [0.1, 0.15) is 18.2 Å². The molecule has 0 bridgehead atoms. The summed E-state index contributed by atoms with van der Waals surface area (Å²) in [6.45, 7) is 0.498. The molecule has 3 heterocycles. The highest BCUT2D eigenvalue weighted by atomic mass is 35.5. The first-order valence-electron chi connectivity index (χ1n) is 9.18. The molecule has 7 nitrogen and oxygen atoms in total. The van der Waals surface area contributed by atoms with Crippen molar-refractivity contribution >= 4 is 23.2 Å². The number of halogens is 1. The Bertz CT molecular complexity index is 1150. The van der Waals surface area contributed by atoms with Crippen molar-refractivity contribution in [3.05, 3.63) is 71.5 Å². The maximum Gasteiger partial charge on any atom is 0.275 e. The van der Waals surface area contributed by atoms with Crippen LogP contribution in [0.4, 0.5) is 5.69 Å². The summed E-state index contributed by atoms with van der Waals surface area (Å²) >= 11 is 5.94. The zero-order chi connectivity index (χ0) is 19.8. The van der Waals surface area contributed by atoms with Gasteiger partial charge < -0.3 is 9.42 Å². The summed E-state index contributed by atoms with van der Waals surface area (Å²) in [4.78, 5) is 18.7. The molecule has 0 saturated carbocycles. The van der Waals surface area contributed by atoms with E-state index in [0.717, 1.165) is 16.9 Å². The Morgan fingerprint density at radius 3 is 2.69 bits per heavy atom. The molecule has 8 heteroatoms. The number of aromatic nitrogens is 4. The lowest BCUT2D eigenvalue weighted by molar-refractivity contribution is -0.117. The zero-order valence-electron chi connectivity index (χ0n) is 15.2. The fourth-order valence-corrected chi connectivity index (χ4v) is 3.58. The molecule has 0 aliphatic carbocycles. The van der Waals surface area contributed by atoms with Crippen LogP contribution in [0.3, 0.4) is 0 Å². The van der Waals surface area contributed by atoms with Crippen molar-refractivity contribution in [2.75, 3.05) is 11.4 Å². The molecule has 1 atom stereocenters. The van der Waals surface area contributed by atoms with Gasteiger partial charge in [0.2, 0.25) is 5.91 Å². The number of rotatable bonds is 4. The van der Waals surface area contributed by atoms with Gasteiger partial charge in [0.05, 0.1) is 5.69 Å². The van der Waals surface area contributed by atoms with Crippen LogP contribution in [0.5, 0.6) is 0 Å². The first-order chi connectivity index (χ1) is 14.2. The molecule has 2 aromatic carbocycles. The largest absolute Gasteiger partial charge is 0.332 e. The first-order valence-corrected chi connectivity index (χ1v) is 9.56. The van der Waals surface area contributed by atoms with Crippen molar-refractivity contribution in [1.29, 1.82) is 0 Å². The third kappa shape index (κ3) is 3.40. The second-order valence-corrected chi connectivity index (χ2v) is 7.31. The fraction of sp³-hybridized carbons (Fsp3) is 0.143. The quantitative estimate of drug-likeness (QED) is 0.546. The molecular formula is C21H16ClN5O2. The van der Waals surface area contributed by atoms with E-state index in [1.54, 1.807) is 17.0 Å². The molecule has 4 aromatic rings. The van der Waals surface area contributed by atoms with E-state index in [1.165, 1.54) is 0 Å². The topological polar surface area (TPSA) is 87.9 Å². The predicted molar refractivity (Wildman–Crippen MR) is 108 cm³/mol.